The SMILES string of the molecule is CNC(=O)C(C)(C(=O)NO)N(C)C(=O)c1ccc(C#CC#CCC(O)CO)cc1. The van der Waals surface area contributed by atoms with Gasteiger partial charge in [-0.1, -0.05) is 11.8 Å². The van der Waals surface area contributed by atoms with Crippen molar-refractivity contribution >= 4 is 17.7 Å². The van der Waals surface area contributed by atoms with Gasteiger partial charge in [-0.3, -0.25) is 19.6 Å². The number of hydroxylamine groups is 1. The molecule has 5 N–H and O–H groups in total. The van der Waals surface area contributed by atoms with Crippen LogP contribution >= 0.6 is 0 Å². The normalized spacial score (nSPS) is 12.8. The fourth-order valence-electron chi connectivity index (χ4n) is 2.23. The van der Waals surface area contributed by atoms with E-state index in [0.29, 0.717) is 5.56 Å². The van der Waals surface area contributed by atoms with E-state index in [0.717, 1.165) is 4.90 Å². The average Bonchev–Trinajstić information content (AvgIpc) is 2.76. The van der Waals surface area contributed by atoms with Crippen LogP contribution in [0.3, 0.4) is 0 Å². The van der Waals surface area contributed by atoms with E-state index < -0.39 is 29.4 Å². The Balaban J connectivity index is 2.99. The number of amides is 3. The van der Waals surface area contributed by atoms with E-state index in [1.54, 1.807) is 12.1 Å². The summed E-state index contributed by atoms with van der Waals surface area (Å²) in [5, 5.41) is 29.1. The molecule has 29 heavy (non-hydrogen) atoms. The lowest BCUT2D eigenvalue weighted by Gasteiger charge is -2.34. The number of benzene rings is 1. The van der Waals surface area contributed by atoms with Gasteiger partial charge in [-0.05, 0) is 43.0 Å². The Labute approximate surface area is 168 Å². The van der Waals surface area contributed by atoms with Crippen LogP contribution in [0.5, 0.6) is 0 Å². The Hall–Kier alpha value is -3.37. The highest BCUT2D eigenvalue weighted by atomic mass is 16.5. The van der Waals surface area contributed by atoms with Crippen LogP contribution in [0.25, 0.3) is 0 Å². The summed E-state index contributed by atoms with van der Waals surface area (Å²) in [5.74, 6) is 8.06. The molecule has 3 amide bonds. The summed E-state index contributed by atoms with van der Waals surface area (Å²) in [6.07, 6.45) is -0.795. The predicted molar refractivity (Wildman–Crippen MR) is 103 cm³/mol. The van der Waals surface area contributed by atoms with Crippen molar-refractivity contribution in [1.82, 2.24) is 15.7 Å². The number of likely N-dealkylation sites (N-methyl/N-ethyl adjacent to an activating group) is 2. The summed E-state index contributed by atoms with van der Waals surface area (Å²) in [6, 6.07) is 6.10. The molecule has 0 aliphatic heterocycles. The lowest BCUT2D eigenvalue weighted by Crippen LogP contribution is -2.64. The molecule has 154 valence electrons. The summed E-state index contributed by atoms with van der Waals surface area (Å²) in [6.45, 7) is 0.840. The van der Waals surface area contributed by atoms with E-state index in [9.17, 15) is 14.4 Å². The molecule has 0 radical (unpaired) electrons. The largest absolute Gasteiger partial charge is 0.394 e. The molecule has 2 atom stereocenters. The van der Waals surface area contributed by atoms with E-state index in [1.807, 2.05) is 0 Å². The quantitative estimate of drug-likeness (QED) is 0.177. The van der Waals surface area contributed by atoms with Crippen LogP contribution in [0.4, 0.5) is 0 Å². The van der Waals surface area contributed by atoms with E-state index in [2.05, 4.69) is 29.0 Å². The second kappa shape index (κ2) is 10.8. The van der Waals surface area contributed by atoms with Gasteiger partial charge >= 0.3 is 0 Å². The fraction of sp³-hybridized carbons (Fsp3) is 0.350. The van der Waals surface area contributed by atoms with Crippen LogP contribution in [0.2, 0.25) is 0 Å². The van der Waals surface area contributed by atoms with Crippen molar-refractivity contribution in [3.63, 3.8) is 0 Å². The molecule has 0 heterocycles. The molecule has 0 aliphatic carbocycles. The number of nitrogens with zero attached hydrogens (tertiary/aromatic N) is 1. The molecule has 0 spiro atoms. The van der Waals surface area contributed by atoms with Crippen molar-refractivity contribution < 1.29 is 29.8 Å². The summed E-state index contributed by atoms with van der Waals surface area (Å²) in [5.41, 5.74) is 0.220. The molecule has 0 saturated heterocycles. The maximum Gasteiger partial charge on any atom is 0.278 e. The molecular weight excluding hydrogens is 378 g/mol. The molecule has 0 aromatic heterocycles. The third kappa shape index (κ3) is 5.80. The highest BCUT2D eigenvalue weighted by Crippen LogP contribution is 2.18. The van der Waals surface area contributed by atoms with E-state index in [1.165, 1.54) is 38.6 Å². The van der Waals surface area contributed by atoms with Gasteiger partial charge in [-0.2, -0.15) is 0 Å². The second-order valence-corrected chi connectivity index (χ2v) is 6.13. The number of carbonyl (C=O) groups excluding carboxylic acids is 3. The highest BCUT2D eigenvalue weighted by molar-refractivity contribution is 6.12. The van der Waals surface area contributed by atoms with E-state index in [4.69, 9.17) is 15.4 Å². The maximum atomic E-state index is 12.7. The number of nitrogens with one attached hydrogen (secondary N) is 2. The number of aliphatic hydroxyl groups excluding tert-OH is 2. The summed E-state index contributed by atoms with van der Waals surface area (Å²) >= 11 is 0. The van der Waals surface area contributed by atoms with Gasteiger partial charge in [0.1, 0.15) is 0 Å². The summed E-state index contributed by atoms with van der Waals surface area (Å²) in [4.78, 5) is 37.8. The molecule has 0 bridgehead atoms. The van der Waals surface area contributed by atoms with Crippen LogP contribution in [0.1, 0.15) is 29.3 Å². The van der Waals surface area contributed by atoms with E-state index in [-0.39, 0.29) is 18.6 Å². The molecule has 0 aliphatic rings. The van der Waals surface area contributed by atoms with Crippen LogP contribution in [-0.2, 0) is 9.59 Å². The Kier molecular flexibility index (Phi) is 8.84. The van der Waals surface area contributed by atoms with Crippen LogP contribution < -0.4 is 10.8 Å². The van der Waals surface area contributed by atoms with Crippen LogP contribution in [0, 0.1) is 23.7 Å². The second-order valence-electron chi connectivity index (χ2n) is 6.13. The number of hydrogen-bond donors (Lipinski definition) is 5. The first kappa shape index (κ1) is 23.7. The number of aliphatic hydroxyl groups is 2. The lowest BCUT2D eigenvalue weighted by molar-refractivity contribution is -0.148. The standard InChI is InChI=1S/C20H23N3O6/c1-20(18(27)21-2,19(28)22-29)23(3)17(26)15-11-9-14(10-12-15)7-5-4-6-8-16(25)13-24/h9-12,16,24-25,29H,8,13H2,1-3H3,(H,21,27)(H,22,28). The van der Waals surface area contributed by atoms with Gasteiger partial charge in [-0.25, -0.2) is 5.48 Å². The van der Waals surface area contributed by atoms with Gasteiger partial charge in [0, 0.05) is 31.6 Å². The van der Waals surface area contributed by atoms with Gasteiger partial charge in [-0.15, -0.1) is 0 Å². The van der Waals surface area contributed by atoms with Gasteiger partial charge in [0.2, 0.25) is 0 Å². The van der Waals surface area contributed by atoms with Crippen molar-refractivity contribution in [1.29, 1.82) is 0 Å². The van der Waals surface area contributed by atoms with Crippen LogP contribution in [-0.4, -0.2) is 70.4 Å². The van der Waals surface area contributed by atoms with Gasteiger partial charge < -0.3 is 20.4 Å². The first-order valence-corrected chi connectivity index (χ1v) is 8.55. The topological polar surface area (TPSA) is 139 Å². The highest BCUT2D eigenvalue weighted by Gasteiger charge is 2.47. The van der Waals surface area contributed by atoms with Gasteiger partial charge in [0.05, 0.1) is 12.7 Å². The first-order valence-electron chi connectivity index (χ1n) is 8.55. The molecule has 2 unspecified atom stereocenters. The van der Waals surface area contributed by atoms with Crippen molar-refractivity contribution in [2.45, 2.75) is 25.0 Å². The molecule has 9 heteroatoms. The minimum Gasteiger partial charge on any atom is -0.394 e. The predicted octanol–water partition coefficient (Wildman–Crippen LogP) is -1.13. The van der Waals surface area contributed by atoms with Crippen molar-refractivity contribution in [3.05, 3.63) is 35.4 Å². The number of hydrogen-bond acceptors (Lipinski definition) is 6. The van der Waals surface area contributed by atoms with Crippen molar-refractivity contribution in [2.24, 2.45) is 0 Å². The molecule has 1 aromatic carbocycles. The fourth-order valence-corrected chi connectivity index (χ4v) is 2.23. The summed E-state index contributed by atoms with van der Waals surface area (Å²) < 4.78 is 0. The molecular formula is C20H23N3O6. The third-order valence-corrected chi connectivity index (χ3v) is 4.23. The van der Waals surface area contributed by atoms with E-state index >= 15 is 0 Å². The molecule has 0 fully saturated rings. The Morgan fingerprint density at radius 1 is 1.17 bits per heavy atom. The number of carbonyl (C=O) groups is 3. The van der Waals surface area contributed by atoms with Gasteiger partial charge in [0.15, 0.2) is 5.54 Å². The lowest BCUT2D eigenvalue weighted by atomic mass is 9.96. The Morgan fingerprint density at radius 3 is 2.31 bits per heavy atom. The third-order valence-electron chi connectivity index (χ3n) is 4.23. The molecule has 0 saturated carbocycles. The van der Waals surface area contributed by atoms with Crippen molar-refractivity contribution in [3.8, 4) is 23.7 Å². The molecule has 1 aromatic rings. The zero-order chi connectivity index (χ0) is 22.0. The minimum atomic E-state index is -1.96. The monoisotopic (exact) mass is 401 g/mol. The zero-order valence-electron chi connectivity index (χ0n) is 16.3. The van der Waals surface area contributed by atoms with Crippen molar-refractivity contribution in [2.75, 3.05) is 20.7 Å². The maximum absolute atomic E-state index is 12.7. The van der Waals surface area contributed by atoms with Gasteiger partial charge in [0.25, 0.3) is 17.7 Å². The Bertz CT molecular complexity index is 857. The molecule has 9 nitrogen and oxygen atoms in total. The number of rotatable bonds is 6. The average molecular weight is 401 g/mol. The first-order chi connectivity index (χ1) is 13.7. The molecule has 1 rings (SSSR count). The Morgan fingerprint density at radius 2 is 1.79 bits per heavy atom. The zero-order valence-corrected chi connectivity index (χ0v) is 16.3. The smallest absolute Gasteiger partial charge is 0.278 e. The van der Waals surface area contributed by atoms with Crippen LogP contribution in [0.15, 0.2) is 24.3 Å². The minimum absolute atomic E-state index is 0.108. The summed E-state index contributed by atoms with van der Waals surface area (Å²) in [7, 11) is 2.58.